The number of carbonyl (C=O) groups is 2. The molecule has 1 fully saturated rings. The Bertz CT molecular complexity index is 1080. The summed E-state index contributed by atoms with van der Waals surface area (Å²) in [7, 11) is 0. The molecule has 0 spiro atoms. The molecule has 3 nitrogen and oxygen atoms in total. The molecular formula is C23H18O3. The molecule has 2 aliphatic rings. The van der Waals surface area contributed by atoms with Gasteiger partial charge in [-0.3, -0.25) is 4.79 Å². The number of hydrogen-bond acceptors (Lipinski definition) is 2. The molecule has 3 aromatic carbocycles. The van der Waals surface area contributed by atoms with Crippen molar-refractivity contribution in [1.29, 1.82) is 0 Å². The van der Waals surface area contributed by atoms with Crippen molar-refractivity contribution in [2.24, 2.45) is 0 Å². The number of hydrogen-bond donors (Lipinski definition) is 1. The summed E-state index contributed by atoms with van der Waals surface area (Å²) >= 11 is 0. The molecule has 0 saturated heterocycles. The zero-order chi connectivity index (χ0) is 17.8. The molecule has 0 radical (unpaired) electrons. The van der Waals surface area contributed by atoms with E-state index in [1.165, 1.54) is 36.5 Å². The average Bonchev–Trinajstić information content (AvgIpc) is 3.28. The van der Waals surface area contributed by atoms with Crippen LogP contribution in [-0.2, 0) is 0 Å². The second-order valence-electron chi connectivity index (χ2n) is 7.39. The SMILES string of the molecule is O=C(O)c1ccc2ccccc2c1C(=O)c1ccc2c(c1)C1CCC2C1. The Hall–Kier alpha value is -2.94. The van der Waals surface area contributed by atoms with Crippen molar-refractivity contribution in [1.82, 2.24) is 0 Å². The van der Waals surface area contributed by atoms with Crippen molar-refractivity contribution in [3.8, 4) is 0 Å². The van der Waals surface area contributed by atoms with E-state index in [1.54, 1.807) is 6.07 Å². The van der Waals surface area contributed by atoms with E-state index in [9.17, 15) is 14.7 Å². The number of aromatic carboxylic acids is 1. The van der Waals surface area contributed by atoms with Gasteiger partial charge in [0.2, 0.25) is 0 Å². The Morgan fingerprint density at radius 3 is 2.46 bits per heavy atom. The van der Waals surface area contributed by atoms with E-state index in [2.05, 4.69) is 6.07 Å². The smallest absolute Gasteiger partial charge is 0.336 e. The molecule has 128 valence electrons. The molecule has 0 aliphatic heterocycles. The molecule has 2 atom stereocenters. The van der Waals surface area contributed by atoms with E-state index >= 15 is 0 Å². The van der Waals surface area contributed by atoms with Gasteiger partial charge in [-0.2, -0.15) is 0 Å². The fraction of sp³-hybridized carbons (Fsp3) is 0.217. The fourth-order valence-electron chi connectivity index (χ4n) is 4.83. The average molecular weight is 342 g/mol. The van der Waals surface area contributed by atoms with Gasteiger partial charge in [0.1, 0.15) is 0 Å². The third-order valence-electron chi connectivity index (χ3n) is 6.05. The summed E-state index contributed by atoms with van der Waals surface area (Å²) in [6.07, 6.45) is 3.64. The lowest BCUT2D eigenvalue weighted by Gasteiger charge is -2.16. The first-order valence-electron chi connectivity index (χ1n) is 9.07. The van der Waals surface area contributed by atoms with Gasteiger partial charge in [-0.05, 0) is 65.1 Å². The highest BCUT2D eigenvalue weighted by Gasteiger charge is 2.37. The minimum atomic E-state index is -1.07. The van der Waals surface area contributed by atoms with Gasteiger partial charge in [-0.15, -0.1) is 0 Å². The zero-order valence-electron chi connectivity index (χ0n) is 14.2. The summed E-state index contributed by atoms with van der Waals surface area (Å²) < 4.78 is 0. The van der Waals surface area contributed by atoms with Crippen molar-refractivity contribution in [3.05, 3.63) is 82.4 Å². The van der Waals surface area contributed by atoms with E-state index in [0.29, 0.717) is 28.3 Å². The topological polar surface area (TPSA) is 54.4 Å². The van der Waals surface area contributed by atoms with Gasteiger partial charge in [-0.1, -0.05) is 42.5 Å². The van der Waals surface area contributed by atoms with Crippen LogP contribution >= 0.6 is 0 Å². The zero-order valence-corrected chi connectivity index (χ0v) is 14.2. The number of carboxylic acid groups (broad SMARTS) is 1. The van der Waals surface area contributed by atoms with Crippen molar-refractivity contribution >= 4 is 22.5 Å². The number of ketones is 1. The van der Waals surface area contributed by atoms with Crippen molar-refractivity contribution in [3.63, 3.8) is 0 Å². The molecule has 2 bridgehead atoms. The Kier molecular flexibility index (Phi) is 3.26. The predicted octanol–water partition coefficient (Wildman–Crippen LogP) is 5.13. The van der Waals surface area contributed by atoms with Crippen LogP contribution in [0.4, 0.5) is 0 Å². The van der Waals surface area contributed by atoms with Gasteiger partial charge in [0.05, 0.1) is 5.56 Å². The third-order valence-corrected chi connectivity index (χ3v) is 6.05. The van der Waals surface area contributed by atoms with Gasteiger partial charge in [0.15, 0.2) is 5.78 Å². The van der Waals surface area contributed by atoms with Gasteiger partial charge in [-0.25, -0.2) is 4.79 Å². The number of carboxylic acids is 1. The molecule has 5 rings (SSSR count). The second-order valence-corrected chi connectivity index (χ2v) is 7.39. The third kappa shape index (κ3) is 2.13. The lowest BCUT2D eigenvalue weighted by Crippen LogP contribution is -2.11. The van der Waals surface area contributed by atoms with E-state index in [-0.39, 0.29) is 11.3 Å². The van der Waals surface area contributed by atoms with E-state index in [4.69, 9.17) is 0 Å². The number of rotatable bonds is 3. The minimum Gasteiger partial charge on any atom is -0.478 e. The van der Waals surface area contributed by atoms with Crippen molar-refractivity contribution in [2.75, 3.05) is 0 Å². The van der Waals surface area contributed by atoms with E-state index in [1.807, 2.05) is 36.4 Å². The molecule has 3 aromatic rings. The van der Waals surface area contributed by atoms with Crippen LogP contribution in [0.3, 0.4) is 0 Å². The highest BCUT2D eigenvalue weighted by atomic mass is 16.4. The summed E-state index contributed by atoms with van der Waals surface area (Å²) in [5.74, 6) is -0.0652. The summed E-state index contributed by atoms with van der Waals surface area (Å²) in [6, 6.07) is 16.7. The molecule has 1 N–H and O–H groups in total. The van der Waals surface area contributed by atoms with Gasteiger partial charge >= 0.3 is 5.97 Å². The summed E-state index contributed by atoms with van der Waals surface area (Å²) in [4.78, 5) is 25.1. The Balaban J connectivity index is 1.69. The first kappa shape index (κ1) is 15.3. The highest BCUT2D eigenvalue weighted by molar-refractivity contribution is 6.21. The van der Waals surface area contributed by atoms with Gasteiger partial charge in [0.25, 0.3) is 0 Å². The van der Waals surface area contributed by atoms with Crippen LogP contribution in [0.25, 0.3) is 10.8 Å². The van der Waals surface area contributed by atoms with Gasteiger partial charge < -0.3 is 5.11 Å². The predicted molar refractivity (Wildman–Crippen MR) is 100 cm³/mol. The Morgan fingerprint density at radius 1 is 0.885 bits per heavy atom. The normalized spacial score (nSPS) is 20.3. The maximum Gasteiger partial charge on any atom is 0.336 e. The Labute approximate surface area is 151 Å². The molecule has 26 heavy (non-hydrogen) atoms. The van der Waals surface area contributed by atoms with Crippen LogP contribution in [0.2, 0.25) is 0 Å². The highest BCUT2D eigenvalue weighted by Crippen LogP contribution is 2.53. The molecule has 0 amide bonds. The Morgan fingerprint density at radius 2 is 1.65 bits per heavy atom. The molecule has 0 heterocycles. The summed E-state index contributed by atoms with van der Waals surface area (Å²) in [6.45, 7) is 0. The number of fused-ring (bicyclic) bond motifs is 6. The summed E-state index contributed by atoms with van der Waals surface area (Å²) in [5, 5.41) is 11.2. The fourth-order valence-corrected chi connectivity index (χ4v) is 4.83. The number of carbonyl (C=O) groups excluding carboxylic acids is 1. The van der Waals surface area contributed by atoms with Crippen LogP contribution < -0.4 is 0 Å². The van der Waals surface area contributed by atoms with Crippen LogP contribution in [0.5, 0.6) is 0 Å². The van der Waals surface area contributed by atoms with Crippen LogP contribution in [-0.4, -0.2) is 16.9 Å². The van der Waals surface area contributed by atoms with E-state index < -0.39 is 5.97 Å². The monoisotopic (exact) mass is 342 g/mol. The van der Waals surface area contributed by atoms with Crippen LogP contribution in [0, 0.1) is 0 Å². The quantitative estimate of drug-likeness (QED) is 0.671. The largest absolute Gasteiger partial charge is 0.478 e. The molecule has 1 saturated carbocycles. The second kappa shape index (κ2) is 5.53. The van der Waals surface area contributed by atoms with Crippen molar-refractivity contribution in [2.45, 2.75) is 31.1 Å². The molecular weight excluding hydrogens is 324 g/mol. The standard InChI is InChI=1S/C23H18O3/c24-22(16-8-9-17-14-5-6-15(11-14)20(17)12-16)21-18-4-2-1-3-13(18)7-10-19(21)23(25)26/h1-4,7-10,12,14-15H,5-6,11H2,(H,25,26). The van der Waals surface area contributed by atoms with Crippen molar-refractivity contribution < 1.29 is 14.7 Å². The first-order chi connectivity index (χ1) is 12.6. The lowest BCUT2D eigenvalue weighted by molar-refractivity contribution is 0.0693. The minimum absolute atomic E-state index is 0.0655. The maximum absolute atomic E-state index is 13.3. The van der Waals surface area contributed by atoms with Crippen LogP contribution in [0.1, 0.15) is 68.5 Å². The van der Waals surface area contributed by atoms with Crippen LogP contribution in [0.15, 0.2) is 54.6 Å². The van der Waals surface area contributed by atoms with Gasteiger partial charge in [0, 0.05) is 11.1 Å². The maximum atomic E-state index is 13.3. The molecule has 0 aromatic heterocycles. The molecule has 2 unspecified atom stereocenters. The van der Waals surface area contributed by atoms with E-state index in [0.717, 1.165) is 5.39 Å². The first-order valence-corrected chi connectivity index (χ1v) is 9.07. The lowest BCUT2D eigenvalue weighted by atomic mass is 9.87. The summed E-state index contributed by atoms with van der Waals surface area (Å²) in [5.41, 5.74) is 3.63. The number of benzene rings is 3. The molecule has 2 aliphatic carbocycles. The molecule has 3 heteroatoms.